The Balaban J connectivity index is 1.71. The summed E-state index contributed by atoms with van der Waals surface area (Å²) in [4.78, 5) is 12.1. The van der Waals surface area contributed by atoms with E-state index >= 15 is 0 Å². The molecule has 1 aromatic heterocycles. The normalized spacial score (nSPS) is 12.0. The third kappa shape index (κ3) is 4.10. The van der Waals surface area contributed by atoms with Gasteiger partial charge in [0.1, 0.15) is 17.4 Å². The van der Waals surface area contributed by atoms with Crippen LogP contribution in [0.2, 0.25) is 0 Å². The van der Waals surface area contributed by atoms with E-state index in [-0.39, 0.29) is 17.7 Å². The van der Waals surface area contributed by atoms with E-state index in [0.717, 1.165) is 6.07 Å². The van der Waals surface area contributed by atoms with Crippen LogP contribution in [0.25, 0.3) is 11.3 Å². The molecule has 0 aliphatic rings. The minimum atomic E-state index is -1.19. The third-order valence-electron chi connectivity index (χ3n) is 3.66. The van der Waals surface area contributed by atoms with Gasteiger partial charge in [0.05, 0.1) is 24.5 Å². The molecular formula is C19H15F2NO3. The van der Waals surface area contributed by atoms with Gasteiger partial charge in [0.15, 0.2) is 0 Å². The van der Waals surface area contributed by atoms with Crippen molar-refractivity contribution in [3.8, 4) is 11.3 Å². The van der Waals surface area contributed by atoms with Crippen molar-refractivity contribution < 1.29 is 23.1 Å². The number of nitrogens with one attached hydrogen (secondary N) is 1. The summed E-state index contributed by atoms with van der Waals surface area (Å²) in [5.74, 6) is -1.17. The van der Waals surface area contributed by atoms with Gasteiger partial charge in [0.25, 0.3) is 0 Å². The first-order valence-corrected chi connectivity index (χ1v) is 7.60. The van der Waals surface area contributed by atoms with Gasteiger partial charge in [-0.05, 0) is 48.0 Å². The van der Waals surface area contributed by atoms with Crippen molar-refractivity contribution >= 4 is 11.6 Å². The second kappa shape index (κ2) is 7.27. The van der Waals surface area contributed by atoms with Crippen molar-refractivity contribution in [2.45, 2.75) is 12.5 Å². The zero-order chi connectivity index (χ0) is 17.8. The van der Waals surface area contributed by atoms with E-state index in [1.165, 1.54) is 42.7 Å². The average Bonchev–Trinajstić information content (AvgIpc) is 3.11. The summed E-state index contributed by atoms with van der Waals surface area (Å²) in [6.07, 6.45) is -0.0211. The second-order valence-electron chi connectivity index (χ2n) is 5.50. The molecule has 2 N–H and O–H groups in total. The molecule has 0 saturated carbocycles. The quantitative estimate of drug-likeness (QED) is 0.726. The number of halogens is 2. The molecule has 0 aliphatic heterocycles. The number of amides is 1. The van der Waals surface area contributed by atoms with Crippen LogP contribution >= 0.6 is 0 Å². The summed E-state index contributed by atoms with van der Waals surface area (Å²) in [5, 5.41) is 12.4. The Morgan fingerprint density at radius 3 is 2.68 bits per heavy atom. The van der Waals surface area contributed by atoms with Crippen molar-refractivity contribution in [3.05, 3.63) is 78.1 Å². The van der Waals surface area contributed by atoms with Crippen LogP contribution in [-0.2, 0) is 4.79 Å². The molecule has 1 heterocycles. The Hall–Kier alpha value is -2.99. The first-order chi connectivity index (χ1) is 12.0. The van der Waals surface area contributed by atoms with Gasteiger partial charge in [-0.1, -0.05) is 12.1 Å². The lowest BCUT2D eigenvalue weighted by molar-refractivity contribution is -0.118. The Morgan fingerprint density at radius 2 is 1.96 bits per heavy atom. The summed E-state index contributed by atoms with van der Waals surface area (Å²) < 4.78 is 32.3. The van der Waals surface area contributed by atoms with Crippen LogP contribution in [0.1, 0.15) is 18.1 Å². The molecule has 1 unspecified atom stereocenters. The molecule has 25 heavy (non-hydrogen) atoms. The van der Waals surface area contributed by atoms with Crippen molar-refractivity contribution in [1.29, 1.82) is 0 Å². The smallest absolute Gasteiger partial charge is 0.227 e. The molecule has 0 spiro atoms. The third-order valence-corrected chi connectivity index (χ3v) is 3.66. The van der Waals surface area contributed by atoms with E-state index in [2.05, 4.69) is 5.32 Å². The molecule has 128 valence electrons. The fourth-order valence-corrected chi connectivity index (χ4v) is 2.43. The van der Waals surface area contributed by atoms with E-state index in [1.807, 2.05) is 0 Å². The van der Waals surface area contributed by atoms with E-state index in [4.69, 9.17) is 4.42 Å². The predicted octanol–water partition coefficient (Wildman–Crippen LogP) is 4.29. The standard InChI is InChI=1S/C19H15F2NO3/c20-14-4-1-3-12(9-14)17(23)11-19(24)22-16-10-13(6-7-15(16)21)18-5-2-8-25-18/h1-10,17,23H,11H2,(H,22,24). The SMILES string of the molecule is O=C(CC(O)c1cccc(F)c1)Nc1cc(-c2ccco2)ccc1F. The number of rotatable bonds is 5. The Labute approximate surface area is 142 Å². The molecule has 0 fully saturated rings. The van der Waals surface area contributed by atoms with Gasteiger partial charge in [-0.2, -0.15) is 0 Å². The van der Waals surface area contributed by atoms with E-state index < -0.39 is 23.6 Å². The summed E-state index contributed by atoms with van der Waals surface area (Å²) in [6.45, 7) is 0. The van der Waals surface area contributed by atoms with Crippen LogP contribution in [0.5, 0.6) is 0 Å². The summed E-state index contributed by atoms with van der Waals surface area (Å²) in [5.41, 5.74) is 0.859. The first kappa shape index (κ1) is 16.9. The number of anilines is 1. The number of aliphatic hydroxyl groups excluding tert-OH is 1. The summed E-state index contributed by atoms with van der Waals surface area (Å²) >= 11 is 0. The zero-order valence-electron chi connectivity index (χ0n) is 13.1. The molecule has 2 aromatic carbocycles. The van der Waals surface area contributed by atoms with E-state index in [1.54, 1.807) is 12.1 Å². The van der Waals surface area contributed by atoms with Crippen LogP contribution < -0.4 is 5.32 Å². The lowest BCUT2D eigenvalue weighted by Crippen LogP contribution is -2.16. The molecule has 3 aromatic rings. The zero-order valence-corrected chi connectivity index (χ0v) is 13.1. The van der Waals surface area contributed by atoms with Gasteiger partial charge in [-0.25, -0.2) is 8.78 Å². The fourth-order valence-electron chi connectivity index (χ4n) is 2.43. The van der Waals surface area contributed by atoms with Gasteiger partial charge in [-0.15, -0.1) is 0 Å². The Bertz CT molecular complexity index is 878. The molecule has 4 nitrogen and oxygen atoms in total. The maximum Gasteiger partial charge on any atom is 0.227 e. The first-order valence-electron chi connectivity index (χ1n) is 7.60. The number of aliphatic hydroxyl groups is 1. The Kier molecular flexibility index (Phi) is 4.90. The topological polar surface area (TPSA) is 62.5 Å². The monoisotopic (exact) mass is 343 g/mol. The molecule has 6 heteroatoms. The fraction of sp³-hybridized carbons (Fsp3) is 0.105. The molecule has 0 bridgehead atoms. The highest BCUT2D eigenvalue weighted by molar-refractivity contribution is 5.92. The van der Waals surface area contributed by atoms with Crippen molar-refractivity contribution in [3.63, 3.8) is 0 Å². The predicted molar refractivity (Wildman–Crippen MR) is 88.7 cm³/mol. The largest absolute Gasteiger partial charge is 0.464 e. The van der Waals surface area contributed by atoms with Crippen molar-refractivity contribution in [1.82, 2.24) is 0 Å². The highest BCUT2D eigenvalue weighted by Gasteiger charge is 2.16. The van der Waals surface area contributed by atoms with E-state index in [9.17, 15) is 18.7 Å². The van der Waals surface area contributed by atoms with Crippen LogP contribution in [0, 0.1) is 11.6 Å². The van der Waals surface area contributed by atoms with Crippen molar-refractivity contribution in [2.75, 3.05) is 5.32 Å². The van der Waals surface area contributed by atoms with Gasteiger partial charge in [0.2, 0.25) is 5.91 Å². The lowest BCUT2D eigenvalue weighted by Gasteiger charge is -2.12. The molecular weight excluding hydrogens is 328 g/mol. The summed E-state index contributed by atoms with van der Waals surface area (Å²) in [7, 11) is 0. The Morgan fingerprint density at radius 1 is 1.12 bits per heavy atom. The van der Waals surface area contributed by atoms with Crippen LogP contribution in [0.4, 0.5) is 14.5 Å². The number of benzene rings is 2. The van der Waals surface area contributed by atoms with Crippen LogP contribution in [0.3, 0.4) is 0 Å². The minimum absolute atomic E-state index is 0.0228. The van der Waals surface area contributed by atoms with Crippen molar-refractivity contribution in [2.24, 2.45) is 0 Å². The minimum Gasteiger partial charge on any atom is -0.464 e. The highest BCUT2D eigenvalue weighted by Crippen LogP contribution is 2.26. The van der Waals surface area contributed by atoms with Gasteiger partial charge in [0, 0.05) is 5.56 Å². The molecule has 3 rings (SSSR count). The number of furan rings is 1. The van der Waals surface area contributed by atoms with Gasteiger partial charge >= 0.3 is 0 Å². The summed E-state index contributed by atoms with van der Waals surface area (Å²) in [6, 6.07) is 13.0. The number of carbonyl (C=O) groups excluding carboxylic acids is 1. The van der Waals surface area contributed by atoms with Gasteiger partial charge in [-0.3, -0.25) is 4.79 Å². The average molecular weight is 343 g/mol. The van der Waals surface area contributed by atoms with E-state index in [0.29, 0.717) is 11.3 Å². The molecule has 0 aliphatic carbocycles. The lowest BCUT2D eigenvalue weighted by atomic mass is 10.1. The van der Waals surface area contributed by atoms with Gasteiger partial charge < -0.3 is 14.8 Å². The molecule has 0 saturated heterocycles. The molecule has 1 amide bonds. The second-order valence-corrected chi connectivity index (χ2v) is 5.50. The van der Waals surface area contributed by atoms with Crippen LogP contribution in [-0.4, -0.2) is 11.0 Å². The number of hydrogen-bond acceptors (Lipinski definition) is 3. The highest BCUT2D eigenvalue weighted by atomic mass is 19.1. The number of carbonyl (C=O) groups is 1. The van der Waals surface area contributed by atoms with Crippen LogP contribution in [0.15, 0.2) is 65.3 Å². The molecule has 1 atom stereocenters. The maximum absolute atomic E-state index is 13.9. The maximum atomic E-state index is 13.9. The number of hydrogen-bond donors (Lipinski definition) is 2. The molecule has 0 radical (unpaired) electrons.